The number of fused-ring (bicyclic) bond motifs is 2. The van der Waals surface area contributed by atoms with Gasteiger partial charge in [-0.1, -0.05) is 146 Å². The lowest BCUT2D eigenvalue weighted by atomic mass is 9.96. The van der Waals surface area contributed by atoms with Gasteiger partial charge >= 0.3 is 0 Å². The van der Waals surface area contributed by atoms with Crippen molar-refractivity contribution in [2.45, 2.75) is 0 Å². The Kier molecular flexibility index (Phi) is 6.47. The summed E-state index contributed by atoms with van der Waals surface area (Å²) in [5.74, 6) is 1.98. The fourth-order valence-electron chi connectivity index (χ4n) is 5.72. The molecule has 1 aromatic heterocycles. The Bertz CT molecular complexity index is 2200. The Morgan fingerprint density at radius 1 is 0.227 bits per heavy atom. The van der Waals surface area contributed by atoms with Crippen LogP contribution < -0.4 is 0 Å². The van der Waals surface area contributed by atoms with Crippen LogP contribution in [0.15, 0.2) is 164 Å². The van der Waals surface area contributed by atoms with E-state index in [0.717, 1.165) is 22.3 Å². The number of aromatic nitrogens is 3. The maximum absolute atomic E-state index is 4.87. The lowest BCUT2D eigenvalue weighted by Crippen LogP contribution is -2.00. The molecule has 0 radical (unpaired) electrons. The number of benzene rings is 7. The zero-order chi connectivity index (χ0) is 29.3. The van der Waals surface area contributed by atoms with Crippen LogP contribution in [0.2, 0.25) is 0 Å². The highest BCUT2D eigenvalue weighted by molar-refractivity contribution is 5.93. The number of hydrogen-bond acceptors (Lipinski definition) is 3. The van der Waals surface area contributed by atoms with E-state index < -0.39 is 0 Å². The van der Waals surface area contributed by atoms with Gasteiger partial charge in [0.1, 0.15) is 0 Å². The van der Waals surface area contributed by atoms with Gasteiger partial charge in [0.15, 0.2) is 17.5 Å². The molecule has 206 valence electrons. The Hall–Kier alpha value is -5.93. The molecule has 0 atom stereocenters. The molecule has 3 heteroatoms. The van der Waals surface area contributed by atoms with Crippen molar-refractivity contribution >= 4 is 21.5 Å². The first-order valence-electron chi connectivity index (χ1n) is 14.8. The van der Waals surface area contributed by atoms with Gasteiger partial charge in [0, 0.05) is 16.7 Å². The summed E-state index contributed by atoms with van der Waals surface area (Å²) in [5.41, 5.74) is 7.65. The van der Waals surface area contributed by atoms with Crippen molar-refractivity contribution in [1.82, 2.24) is 15.0 Å². The minimum Gasteiger partial charge on any atom is -0.208 e. The Labute approximate surface area is 256 Å². The smallest absolute Gasteiger partial charge is 0.164 e. The van der Waals surface area contributed by atoms with Gasteiger partial charge in [-0.2, -0.15) is 0 Å². The highest BCUT2D eigenvalue weighted by atomic mass is 15.0. The molecule has 0 aliphatic rings. The number of nitrogens with zero attached hydrogens (tertiary/aromatic N) is 3. The van der Waals surface area contributed by atoms with Crippen molar-refractivity contribution in [1.29, 1.82) is 0 Å². The molecule has 0 aliphatic heterocycles. The van der Waals surface area contributed by atoms with Crippen molar-refractivity contribution in [3.8, 4) is 56.4 Å². The van der Waals surface area contributed by atoms with E-state index in [1.54, 1.807) is 0 Å². The Balaban J connectivity index is 1.11. The van der Waals surface area contributed by atoms with Crippen LogP contribution in [-0.2, 0) is 0 Å². The van der Waals surface area contributed by atoms with Gasteiger partial charge in [-0.3, -0.25) is 0 Å². The SMILES string of the molecule is c1ccc(-c2nc(-c3ccccc3)nc(-c3ccc(-c4ccc5cc(-c6ccc7ccccc7c6)ccc5c4)cc3)n2)cc1. The van der Waals surface area contributed by atoms with Gasteiger partial charge in [0.2, 0.25) is 0 Å². The van der Waals surface area contributed by atoms with Crippen LogP contribution >= 0.6 is 0 Å². The summed E-state index contributed by atoms with van der Waals surface area (Å²) in [6.45, 7) is 0. The summed E-state index contributed by atoms with van der Waals surface area (Å²) in [7, 11) is 0. The molecule has 0 saturated heterocycles. The van der Waals surface area contributed by atoms with E-state index in [1.165, 1.54) is 38.2 Å². The highest BCUT2D eigenvalue weighted by Gasteiger charge is 2.12. The standard InChI is InChI=1S/C41H27N3/c1-3-10-30(11-4-1)39-42-40(31-12-5-2-6-13-31)44-41(43-39)32-18-15-29(16-19-32)34-21-22-37-27-38(24-23-36(37)26-34)35-20-17-28-9-7-8-14-33(28)25-35/h1-27H. The second-order valence-corrected chi connectivity index (χ2v) is 11.0. The van der Waals surface area contributed by atoms with E-state index in [1.807, 2.05) is 60.7 Å². The normalized spacial score (nSPS) is 11.2. The monoisotopic (exact) mass is 561 g/mol. The summed E-state index contributed by atoms with van der Waals surface area (Å²) in [4.78, 5) is 14.6. The van der Waals surface area contributed by atoms with Crippen molar-refractivity contribution in [3.05, 3.63) is 164 Å². The van der Waals surface area contributed by atoms with E-state index in [4.69, 9.17) is 15.0 Å². The molecule has 1 heterocycles. The Morgan fingerprint density at radius 2 is 0.545 bits per heavy atom. The van der Waals surface area contributed by atoms with E-state index in [9.17, 15) is 0 Å². The lowest BCUT2D eigenvalue weighted by Gasteiger charge is -2.10. The third kappa shape index (κ3) is 5.01. The second-order valence-electron chi connectivity index (χ2n) is 11.0. The summed E-state index contributed by atoms with van der Waals surface area (Å²) < 4.78 is 0. The highest BCUT2D eigenvalue weighted by Crippen LogP contribution is 2.31. The van der Waals surface area contributed by atoms with Crippen LogP contribution in [0.5, 0.6) is 0 Å². The zero-order valence-electron chi connectivity index (χ0n) is 23.9. The molecule has 0 spiro atoms. The fourth-order valence-corrected chi connectivity index (χ4v) is 5.72. The van der Waals surface area contributed by atoms with E-state index in [2.05, 4.69) is 103 Å². The predicted molar refractivity (Wildman–Crippen MR) is 182 cm³/mol. The third-order valence-corrected chi connectivity index (χ3v) is 8.10. The minimum atomic E-state index is 0.656. The van der Waals surface area contributed by atoms with Gasteiger partial charge in [-0.05, 0) is 62.0 Å². The molecule has 0 amide bonds. The third-order valence-electron chi connectivity index (χ3n) is 8.10. The van der Waals surface area contributed by atoms with Gasteiger partial charge in [-0.25, -0.2) is 15.0 Å². The van der Waals surface area contributed by atoms with E-state index in [-0.39, 0.29) is 0 Å². The molecule has 0 N–H and O–H groups in total. The molecule has 7 aromatic carbocycles. The van der Waals surface area contributed by atoms with Crippen molar-refractivity contribution in [3.63, 3.8) is 0 Å². The van der Waals surface area contributed by atoms with Crippen LogP contribution in [0.1, 0.15) is 0 Å². The predicted octanol–water partition coefficient (Wildman–Crippen LogP) is 10.5. The topological polar surface area (TPSA) is 38.7 Å². The maximum atomic E-state index is 4.87. The molecule has 0 fully saturated rings. The fraction of sp³-hybridized carbons (Fsp3) is 0. The number of hydrogen-bond donors (Lipinski definition) is 0. The number of rotatable bonds is 5. The molecule has 3 nitrogen and oxygen atoms in total. The van der Waals surface area contributed by atoms with Crippen LogP contribution in [0.4, 0.5) is 0 Å². The van der Waals surface area contributed by atoms with Crippen LogP contribution in [0, 0.1) is 0 Å². The summed E-state index contributed by atoms with van der Waals surface area (Å²) >= 11 is 0. The van der Waals surface area contributed by atoms with Gasteiger partial charge in [-0.15, -0.1) is 0 Å². The van der Waals surface area contributed by atoms with Gasteiger partial charge < -0.3 is 0 Å². The molecular weight excluding hydrogens is 534 g/mol. The van der Waals surface area contributed by atoms with E-state index >= 15 is 0 Å². The van der Waals surface area contributed by atoms with E-state index in [0.29, 0.717) is 17.5 Å². The van der Waals surface area contributed by atoms with Crippen LogP contribution in [0.3, 0.4) is 0 Å². The summed E-state index contributed by atoms with van der Waals surface area (Å²) in [6, 6.07) is 57.2. The largest absolute Gasteiger partial charge is 0.208 e. The molecule has 8 aromatic rings. The van der Waals surface area contributed by atoms with Crippen molar-refractivity contribution < 1.29 is 0 Å². The van der Waals surface area contributed by atoms with Crippen LogP contribution in [-0.4, -0.2) is 15.0 Å². The molecule has 8 rings (SSSR count). The van der Waals surface area contributed by atoms with Gasteiger partial charge in [0.25, 0.3) is 0 Å². The van der Waals surface area contributed by atoms with Crippen molar-refractivity contribution in [2.75, 3.05) is 0 Å². The first-order valence-corrected chi connectivity index (χ1v) is 14.8. The molecule has 0 saturated carbocycles. The first kappa shape index (κ1) is 25.8. The average molecular weight is 562 g/mol. The molecule has 0 bridgehead atoms. The first-order chi connectivity index (χ1) is 21.8. The minimum absolute atomic E-state index is 0.656. The lowest BCUT2D eigenvalue weighted by molar-refractivity contribution is 1.07. The summed E-state index contributed by atoms with van der Waals surface area (Å²) in [6.07, 6.45) is 0. The summed E-state index contributed by atoms with van der Waals surface area (Å²) in [5, 5.41) is 4.96. The van der Waals surface area contributed by atoms with Crippen molar-refractivity contribution in [2.24, 2.45) is 0 Å². The van der Waals surface area contributed by atoms with Crippen LogP contribution in [0.25, 0.3) is 78.0 Å². The second kappa shape index (κ2) is 11.0. The molecule has 0 aliphatic carbocycles. The average Bonchev–Trinajstić information content (AvgIpc) is 3.11. The van der Waals surface area contributed by atoms with Gasteiger partial charge in [0.05, 0.1) is 0 Å². The maximum Gasteiger partial charge on any atom is 0.164 e. The zero-order valence-corrected chi connectivity index (χ0v) is 23.9. The Morgan fingerprint density at radius 3 is 1.05 bits per heavy atom. The molecular formula is C41H27N3. The molecule has 0 unspecified atom stereocenters. The molecule has 44 heavy (non-hydrogen) atoms. The quantitative estimate of drug-likeness (QED) is 0.210.